The summed E-state index contributed by atoms with van der Waals surface area (Å²) in [6, 6.07) is 0. The van der Waals surface area contributed by atoms with Crippen LogP contribution in [0.25, 0.3) is 0 Å². The van der Waals surface area contributed by atoms with Crippen LogP contribution in [0.3, 0.4) is 0 Å². The summed E-state index contributed by atoms with van der Waals surface area (Å²) in [5.74, 6) is 0. The monoisotopic (exact) mass is 450 g/mol. The first kappa shape index (κ1) is 24.6. The number of rotatable bonds is 12. The maximum Gasteiger partial charge on any atom is 0.284 e. The van der Waals surface area contributed by atoms with E-state index in [0.717, 1.165) is 0 Å². The molecule has 0 fully saturated rings. The summed E-state index contributed by atoms with van der Waals surface area (Å²) in [7, 11) is -20.2. The molecule has 17 heteroatoms. The van der Waals surface area contributed by atoms with Crippen LogP contribution in [-0.2, 0) is 45.2 Å². The number of hydrogen-bond donors (Lipinski definition) is 4. The van der Waals surface area contributed by atoms with Crippen LogP contribution >= 0.6 is 0 Å². The normalized spacial score (nSPS) is 14.3. The van der Waals surface area contributed by atoms with Gasteiger partial charge in [0.2, 0.25) is 9.16 Å². The van der Waals surface area contributed by atoms with Gasteiger partial charge in [-0.2, -0.15) is 33.7 Å². The first-order chi connectivity index (χ1) is 11.0. The lowest BCUT2D eigenvalue weighted by Crippen LogP contribution is -2.30. The number of ether oxygens (including phenoxy) is 1. The van der Waals surface area contributed by atoms with Crippen LogP contribution in [0.2, 0.25) is 0 Å². The van der Waals surface area contributed by atoms with Crippen LogP contribution in [0, 0.1) is 0 Å². The molecular weight excluding hydrogens is 432 g/mol. The van der Waals surface area contributed by atoms with E-state index in [1.54, 1.807) is 0 Å². The van der Waals surface area contributed by atoms with Gasteiger partial charge in [0.1, 0.15) is 0 Å². The highest BCUT2D eigenvalue weighted by Gasteiger charge is 2.35. The van der Waals surface area contributed by atoms with Gasteiger partial charge in [-0.3, -0.25) is 18.2 Å². The van der Waals surface area contributed by atoms with Crippen molar-refractivity contribution >= 4 is 40.5 Å². The Hall–Kier alpha value is -0.400. The Morgan fingerprint density at radius 3 is 1.00 bits per heavy atom. The molecule has 0 saturated carbocycles. The Morgan fingerprint density at radius 2 is 0.800 bits per heavy atom. The summed E-state index contributed by atoms with van der Waals surface area (Å²) in [5, 5.41) is 0. The standard InChI is InChI=1S/C8H18O13S4/c9-22(10,11)7(23(12,13)14)3-1-5-21-6-2-4-8(24(15,16)17)25(18,19)20/h7-8H,1-6H2,(H,9,10,11)(H,12,13,14)(H,15,16,17)(H,18,19,20). The summed E-state index contributed by atoms with van der Waals surface area (Å²) in [6.45, 7) is -0.520. The van der Waals surface area contributed by atoms with Crippen molar-refractivity contribution in [3.8, 4) is 0 Å². The number of hydrogen-bond acceptors (Lipinski definition) is 9. The van der Waals surface area contributed by atoms with Crippen molar-refractivity contribution < 1.29 is 56.6 Å². The van der Waals surface area contributed by atoms with Gasteiger partial charge in [-0.1, -0.05) is 0 Å². The van der Waals surface area contributed by atoms with E-state index in [4.69, 9.17) is 22.9 Å². The average molecular weight is 450 g/mol. The lowest BCUT2D eigenvalue weighted by atomic mass is 10.3. The quantitative estimate of drug-likeness (QED) is 0.202. The zero-order valence-electron chi connectivity index (χ0n) is 12.5. The first-order valence-corrected chi connectivity index (χ1v) is 12.4. The molecule has 0 spiro atoms. The fourth-order valence-corrected chi connectivity index (χ4v) is 6.03. The van der Waals surface area contributed by atoms with Crippen molar-refractivity contribution in [2.75, 3.05) is 13.2 Å². The van der Waals surface area contributed by atoms with Crippen molar-refractivity contribution in [3.05, 3.63) is 0 Å². The van der Waals surface area contributed by atoms with Gasteiger partial charge in [0.25, 0.3) is 40.5 Å². The molecule has 152 valence electrons. The third kappa shape index (κ3) is 9.75. The molecule has 0 heterocycles. The average Bonchev–Trinajstić information content (AvgIpc) is 2.30. The molecule has 0 saturated heterocycles. The molecule has 0 aliphatic carbocycles. The molecule has 0 aromatic rings. The van der Waals surface area contributed by atoms with E-state index in [-0.39, 0.29) is 26.1 Å². The molecule has 0 aliphatic heterocycles. The van der Waals surface area contributed by atoms with Crippen molar-refractivity contribution in [1.29, 1.82) is 0 Å². The third-order valence-electron chi connectivity index (χ3n) is 2.79. The molecule has 0 aliphatic rings. The van der Waals surface area contributed by atoms with Crippen LogP contribution in [0.5, 0.6) is 0 Å². The molecule has 0 atom stereocenters. The molecule has 13 nitrogen and oxygen atoms in total. The SMILES string of the molecule is O=S(=O)(O)C(CCCOCCCC(S(=O)(=O)O)S(=O)(=O)O)S(=O)(=O)O. The Balaban J connectivity index is 4.36. The smallest absolute Gasteiger partial charge is 0.284 e. The minimum absolute atomic E-state index is 0.232. The molecule has 0 radical (unpaired) electrons. The van der Waals surface area contributed by atoms with E-state index < -0.39 is 62.5 Å². The summed E-state index contributed by atoms with van der Waals surface area (Å²) in [4.78, 5) is 0. The zero-order chi connectivity index (χ0) is 20.1. The van der Waals surface area contributed by atoms with E-state index in [9.17, 15) is 33.7 Å². The summed E-state index contributed by atoms with van der Waals surface area (Å²) in [6.07, 6.45) is -1.83. The lowest BCUT2D eigenvalue weighted by molar-refractivity contribution is 0.127. The lowest BCUT2D eigenvalue weighted by Gasteiger charge is -2.12. The van der Waals surface area contributed by atoms with Gasteiger partial charge in [0, 0.05) is 13.2 Å². The topological polar surface area (TPSA) is 227 Å². The van der Waals surface area contributed by atoms with Gasteiger partial charge in [0.15, 0.2) is 0 Å². The van der Waals surface area contributed by atoms with Crippen molar-refractivity contribution in [1.82, 2.24) is 0 Å². The molecular formula is C8H18O13S4. The Morgan fingerprint density at radius 1 is 0.560 bits per heavy atom. The van der Waals surface area contributed by atoms with Crippen LogP contribution in [0.4, 0.5) is 0 Å². The summed E-state index contributed by atoms with van der Waals surface area (Å²) < 4.78 is 121. The third-order valence-corrected chi connectivity index (χ3v) is 9.30. The summed E-state index contributed by atoms with van der Waals surface area (Å²) in [5.41, 5.74) is 0. The van der Waals surface area contributed by atoms with Crippen molar-refractivity contribution in [2.45, 2.75) is 34.8 Å². The minimum atomic E-state index is -5.05. The van der Waals surface area contributed by atoms with Gasteiger partial charge in [-0.15, -0.1) is 0 Å². The van der Waals surface area contributed by atoms with Crippen LogP contribution in [-0.4, -0.2) is 74.3 Å². The molecule has 0 bridgehead atoms. The molecule has 25 heavy (non-hydrogen) atoms. The fraction of sp³-hybridized carbons (Fsp3) is 1.00. The highest BCUT2D eigenvalue weighted by atomic mass is 32.3. The van der Waals surface area contributed by atoms with E-state index >= 15 is 0 Å². The van der Waals surface area contributed by atoms with Crippen molar-refractivity contribution in [2.24, 2.45) is 0 Å². The second-order valence-corrected chi connectivity index (χ2v) is 11.8. The van der Waals surface area contributed by atoms with Crippen molar-refractivity contribution in [3.63, 3.8) is 0 Å². The maximum absolute atomic E-state index is 10.8. The van der Waals surface area contributed by atoms with E-state index in [2.05, 4.69) is 0 Å². The largest absolute Gasteiger partial charge is 0.381 e. The van der Waals surface area contributed by atoms with Gasteiger partial charge in [-0.25, -0.2) is 0 Å². The molecule has 4 N–H and O–H groups in total. The second kappa shape index (κ2) is 9.00. The maximum atomic E-state index is 10.8. The molecule has 0 amide bonds. The van der Waals surface area contributed by atoms with Gasteiger partial charge >= 0.3 is 0 Å². The Bertz CT molecular complexity index is 700. The summed E-state index contributed by atoms with van der Waals surface area (Å²) >= 11 is 0. The Labute approximate surface area is 145 Å². The zero-order valence-corrected chi connectivity index (χ0v) is 15.8. The van der Waals surface area contributed by atoms with Crippen LogP contribution in [0.15, 0.2) is 0 Å². The minimum Gasteiger partial charge on any atom is -0.381 e. The first-order valence-electron chi connectivity index (χ1n) is 6.40. The van der Waals surface area contributed by atoms with E-state index in [1.807, 2.05) is 0 Å². The molecule has 0 aromatic heterocycles. The molecule has 0 aromatic carbocycles. The van der Waals surface area contributed by atoms with Gasteiger partial charge < -0.3 is 4.74 Å². The van der Waals surface area contributed by atoms with Crippen LogP contribution < -0.4 is 0 Å². The molecule has 0 rings (SSSR count). The predicted molar refractivity (Wildman–Crippen MR) is 83.1 cm³/mol. The van der Waals surface area contributed by atoms with E-state index in [1.165, 1.54) is 0 Å². The van der Waals surface area contributed by atoms with Gasteiger partial charge in [0.05, 0.1) is 0 Å². The van der Waals surface area contributed by atoms with Crippen LogP contribution in [0.1, 0.15) is 25.7 Å². The second-order valence-electron chi connectivity index (χ2n) is 4.82. The highest BCUT2D eigenvalue weighted by molar-refractivity contribution is 8.04. The van der Waals surface area contributed by atoms with E-state index in [0.29, 0.717) is 0 Å². The Kier molecular flexibility index (Phi) is 8.85. The fourth-order valence-electron chi connectivity index (χ4n) is 1.71. The van der Waals surface area contributed by atoms with Gasteiger partial charge in [-0.05, 0) is 25.7 Å². The highest BCUT2D eigenvalue weighted by Crippen LogP contribution is 2.15. The molecule has 0 unspecified atom stereocenters. The predicted octanol–water partition coefficient (Wildman–Crippen LogP) is -1.23.